The van der Waals surface area contributed by atoms with Gasteiger partial charge in [0.2, 0.25) is 0 Å². The van der Waals surface area contributed by atoms with E-state index < -0.39 is 0 Å². The third kappa shape index (κ3) is 4.63. The molecule has 6 heteroatoms. The van der Waals surface area contributed by atoms with Crippen molar-refractivity contribution in [2.24, 2.45) is 0 Å². The number of hydrogen-bond acceptors (Lipinski definition) is 4. The van der Waals surface area contributed by atoms with E-state index >= 15 is 0 Å². The molecule has 0 saturated carbocycles. The molecule has 1 fully saturated rings. The summed E-state index contributed by atoms with van der Waals surface area (Å²) in [4.78, 5) is 29.3. The number of rotatable bonds is 6. The summed E-state index contributed by atoms with van der Waals surface area (Å²) in [7, 11) is 0. The van der Waals surface area contributed by atoms with Crippen LogP contribution in [-0.4, -0.2) is 61.0 Å². The number of carbonyl (C=O) groups is 2. The maximum absolute atomic E-state index is 13.1. The minimum absolute atomic E-state index is 0.00536. The van der Waals surface area contributed by atoms with Gasteiger partial charge in [-0.2, -0.15) is 0 Å². The van der Waals surface area contributed by atoms with Gasteiger partial charge in [0.25, 0.3) is 11.8 Å². The molecule has 1 aliphatic heterocycles. The molecule has 0 unspecified atom stereocenters. The summed E-state index contributed by atoms with van der Waals surface area (Å²) < 4.78 is 11.2. The number of para-hydroxylation sites is 2. The van der Waals surface area contributed by atoms with Crippen molar-refractivity contribution in [2.75, 3.05) is 39.4 Å². The van der Waals surface area contributed by atoms with Crippen LogP contribution in [0.2, 0.25) is 0 Å². The minimum Gasteiger partial charge on any atom is -0.490 e. The summed E-state index contributed by atoms with van der Waals surface area (Å²) in [6.45, 7) is 4.37. The zero-order chi connectivity index (χ0) is 21.6. The van der Waals surface area contributed by atoms with Crippen LogP contribution in [0, 0.1) is 0 Å². The lowest BCUT2D eigenvalue weighted by Gasteiger charge is -2.35. The van der Waals surface area contributed by atoms with E-state index in [4.69, 9.17) is 9.47 Å². The van der Waals surface area contributed by atoms with Crippen LogP contribution in [0.3, 0.4) is 0 Å². The molecule has 0 aliphatic carbocycles. The van der Waals surface area contributed by atoms with Gasteiger partial charge in [-0.15, -0.1) is 0 Å². The summed E-state index contributed by atoms with van der Waals surface area (Å²) in [6.07, 6.45) is 0. The van der Waals surface area contributed by atoms with Gasteiger partial charge in [-0.05, 0) is 35.9 Å². The maximum Gasteiger partial charge on any atom is 0.260 e. The first-order valence-electron chi connectivity index (χ1n) is 10.6. The molecule has 0 bridgehead atoms. The average molecular weight is 418 g/mol. The van der Waals surface area contributed by atoms with Crippen LogP contribution in [0.25, 0.3) is 10.8 Å². The van der Waals surface area contributed by atoms with Crippen molar-refractivity contribution in [2.45, 2.75) is 6.92 Å². The fourth-order valence-corrected chi connectivity index (χ4v) is 3.82. The second-order valence-electron chi connectivity index (χ2n) is 7.37. The van der Waals surface area contributed by atoms with E-state index in [1.54, 1.807) is 11.0 Å². The number of fused-ring (bicyclic) bond motifs is 1. The molecule has 1 aliphatic rings. The van der Waals surface area contributed by atoms with Crippen LogP contribution in [0.4, 0.5) is 0 Å². The van der Waals surface area contributed by atoms with Crippen molar-refractivity contribution in [1.29, 1.82) is 0 Å². The predicted molar refractivity (Wildman–Crippen MR) is 120 cm³/mol. The molecule has 0 radical (unpaired) electrons. The Morgan fingerprint density at radius 2 is 1.39 bits per heavy atom. The van der Waals surface area contributed by atoms with Crippen molar-refractivity contribution in [3.63, 3.8) is 0 Å². The lowest BCUT2D eigenvalue weighted by atomic mass is 10.0. The van der Waals surface area contributed by atoms with Gasteiger partial charge in [-0.25, -0.2) is 0 Å². The Labute approximate surface area is 182 Å². The highest BCUT2D eigenvalue weighted by Crippen LogP contribution is 2.26. The van der Waals surface area contributed by atoms with E-state index in [9.17, 15) is 9.59 Å². The van der Waals surface area contributed by atoms with Crippen molar-refractivity contribution in [1.82, 2.24) is 9.80 Å². The van der Waals surface area contributed by atoms with E-state index in [2.05, 4.69) is 0 Å². The van der Waals surface area contributed by atoms with Gasteiger partial charge in [0, 0.05) is 31.7 Å². The van der Waals surface area contributed by atoms with Crippen LogP contribution >= 0.6 is 0 Å². The SMILES string of the molecule is CCOc1ccccc1OCC(=O)N1CCN(C(=O)c2cccc3ccccc23)CC1. The monoisotopic (exact) mass is 418 g/mol. The number of amides is 2. The first kappa shape index (κ1) is 20.7. The number of hydrogen-bond donors (Lipinski definition) is 0. The third-order valence-corrected chi connectivity index (χ3v) is 5.44. The van der Waals surface area contributed by atoms with Crippen LogP contribution in [-0.2, 0) is 4.79 Å². The van der Waals surface area contributed by atoms with E-state index in [0.29, 0.717) is 49.8 Å². The van der Waals surface area contributed by atoms with Gasteiger partial charge >= 0.3 is 0 Å². The fraction of sp³-hybridized carbons (Fsp3) is 0.280. The van der Waals surface area contributed by atoms with Crippen LogP contribution in [0.15, 0.2) is 66.7 Å². The van der Waals surface area contributed by atoms with Gasteiger partial charge in [0.1, 0.15) is 0 Å². The van der Waals surface area contributed by atoms with E-state index in [1.807, 2.05) is 72.5 Å². The quantitative estimate of drug-likeness (QED) is 0.614. The molecule has 160 valence electrons. The number of ether oxygens (including phenoxy) is 2. The lowest BCUT2D eigenvalue weighted by molar-refractivity contribution is -0.134. The highest BCUT2D eigenvalue weighted by molar-refractivity contribution is 6.07. The number of nitrogens with zero attached hydrogens (tertiary/aromatic N) is 2. The van der Waals surface area contributed by atoms with Crippen LogP contribution in [0.5, 0.6) is 11.5 Å². The van der Waals surface area contributed by atoms with E-state index in [-0.39, 0.29) is 18.4 Å². The summed E-state index contributed by atoms with van der Waals surface area (Å²) in [6, 6.07) is 21.0. The summed E-state index contributed by atoms with van der Waals surface area (Å²) in [5.74, 6) is 1.10. The highest BCUT2D eigenvalue weighted by Gasteiger charge is 2.26. The highest BCUT2D eigenvalue weighted by atomic mass is 16.5. The average Bonchev–Trinajstić information content (AvgIpc) is 2.83. The van der Waals surface area contributed by atoms with E-state index in [1.165, 1.54) is 0 Å². The Morgan fingerprint density at radius 3 is 2.13 bits per heavy atom. The van der Waals surface area contributed by atoms with Gasteiger partial charge in [0.15, 0.2) is 18.1 Å². The lowest BCUT2D eigenvalue weighted by Crippen LogP contribution is -2.51. The van der Waals surface area contributed by atoms with Crippen molar-refractivity contribution in [3.05, 3.63) is 72.3 Å². The molecule has 4 rings (SSSR count). The summed E-state index contributed by atoms with van der Waals surface area (Å²) >= 11 is 0. The Morgan fingerprint density at radius 1 is 0.774 bits per heavy atom. The van der Waals surface area contributed by atoms with Crippen LogP contribution in [0.1, 0.15) is 17.3 Å². The van der Waals surface area contributed by atoms with Gasteiger partial charge in [-0.1, -0.05) is 48.5 Å². The van der Waals surface area contributed by atoms with Gasteiger partial charge in [0.05, 0.1) is 6.61 Å². The molecule has 3 aromatic carbocycles. The van der Waals surface area contributed by atoms with Gasteiger partial charge < -0.3 is 19.3 Å². The molecule has 6 nitrogen and oxygen atoms in total. The first-order chi connectivity index (χ1) is 15.2. The Balaban J connectivity index is 1.34. The Kier molecular flexibility index (Phi) is 6.36. The third-order valence-electron chi connectivity index (χ3n) is 5.44. The zero-order valence-electron chi connectivity index (χ0n) is 17.6. The molecule has 3 aromatic rings. The summed E-state index contributed by atoms with van der Waals surface area (Å²) in [5.41, 5.74) is 0.703. The predicted octanol–water partition coefficient (Wildman–Crippen LogP) is 3.60. The largest absolute Gasteiger partial charge is 0.490 e. The number of benzene rings is 3. The molecule has 0 N–H and O–H groups in total. The molecule has 2 amide bonds. The second kappa shape index (κ2) is 9.51. The molecule has 1 heterocycles. The number of piperazine rings is 1. The smallest absolute Gasteiger partial charge is 0.260 e. The first-order valence-corrected chi connectivity index (χ1v) is 10.6. The van der Waals surface area contributed by atoms with E-state index in [0.717, 1.165) is 10.8 Å². The fourth-order valence-electron chi connectivity index (χ4n) is 3.82. The Bertz CT molecular complexity index is 1070. The minimum atomic E-state index is -0.0939. The van der Waals surface area contributed by atoms with Gasteiger partial charge in [-0.3, -0.25) is 9.59 Å². The molecule has 0 aromatic heterocycles. The number of carbonyl (C=O) groups excluding carboxylic acids is 2. The topological polar surface area (TPSA) is 59.1 Å². The molecule has 0 spiro atoms. The standard InChI is InChI=1S/C25H26N2O4/c1-2-30-22-12-5-6-13-23(22)31-18-24(28)26-14-16-27(17-15-26)25(29)21-11-7-9-19-8-3-4-10-20(19)21/h3-13H,2,14-18H2,1H3. The van der Waals surface area contributed by atoms with Crippen molar-refractivity contribution in [3.8, 4) is 11.5 Å². The van der Waals surface area contributed by atoms with Crippen LogP contribution < -0.4 is 9.47 Å². The molecule has 31 heavy (non-hydrogen) atoms. The van der Waals surface area contributed by atoms with Crippen molar-refractivity contribution >= 4 is 22.6 Å². The second-order valence-corrected chi connectivity index (χ2v) is 7.37. The normalized spacial score (nSPS) is 13.8. The molecular formula is C25H26N2O4. The molecule has 0 atom stereocenters. The Hall–Kier alpha value is -3.54. The summed E-state index contributed by atoms with van der Waals surface area (Å²) in [5, 5.41) is 2.00. The zero-order valence-corrected chi connectivity index (χ0v) is 17.6. The molecule has 1 saturated heterocycles. The molecular weight excluding hydrogens is 392 g/mol. The maximum atomic E-state index is 13.1. The van der Waals surface area contributed by atoms with Crippen molar-refractivity contribution < 1.29 is 19.1 Å².